The summed E-state index contributed by atoms with van der Waals surface area (Å²) >= 11 is 0. The van der Waals surface area contributed by atoms with E-state index in [1.165, 1.54) is 30.4 Å². The molecule has 0 aromatic heterocycles. The van der Waals surface area contributed by atoms with E-state index in [1.807, 2.05) is 12.2 Å². The van der Waals surface area contributed by atoms with Crippen molar-refractivity contribution in [3.8, 4) is 0 Å². The summed E-state index contributed by atoms with van der Waals surface area (Å²) in [6.07, 6.45) is 6.83. The zero-order chi connectivity index (χ0) is 8.16. The van der Waals surface area contributed by atoms with E-state index in [-0.39, 0.29) is 7.43 Å². The topological polar surface area (TPSA) is 0 Å². The van der Waals surface area contributed by atoms with Crippen molar-refractivity contribution in [2.75, 3.05) is 26.2 Å². The Hall–Kier alpha value is -0.560. The quantitative estimate of drug-likeness (QED) is 0.343. The number of rotatable bonds is 4. The zero-order valence-corrected chi connectivity index (χ0v) is 8.26. The number of hydrogen-bond acceptors (Lipinski definition) is 0. The first kappa shape index (κ1) is 11.4. The molecule has 1 heteroatoms. The van der Waals surface area contributed by atoms with Crippen molar-refractivity contribution in [1.82, 2.24) is 0 Å². The van der Waals surface area contributed by atoms with Crippen molar-refractivity contribution in [3.05, 3.63) is 32.7 Å². The third kappa shape index (κ3) is 2.49. The van der Waals surface area contributed by atoms with E-state index in [9.17, 15) is 0 Å². The summed E-state index contributed by atoms with van der Waals surface area (Å²) in [5.74, 6) is 0. The molecule has 70 valence electrons. The normalized spacial score (nSPS) is 19.7. The van der Waals surface area contributed by atoms with E-state index in [4.69, 9.17) is 0 Å². The van der Waals surface area contributed by atoms with E-state index in [0.29, 0.717) is 0 Å². The Bertz CT molecular complexity index is 131. The molecule has 1 rings (SSSR count). The first-order chi connectivity index (χ1) is 5.33. The molecular formula is C11H21N. The maximum Gasteiger partial charge on any atom is 0.0973 e. The lowest BCUT2D eigenvalue weighted by atomic mass is 10.3. The van der Waals surface area contributed by atoms with Gasteiger partial charge in [0.05, 0.1) is 26.2 Å². The fraction of sp³-hybridized carbons (Fsp3) is 0.545. The van der Waals surface area contributed by atoms with Crippen LogP contribution in [0.1, 0.15) is 12.8 Å². The largest absolute Gasteiger partial charge is 0.358 e. The molecule has 1 aliphatic heterocycles. The van der Waals surface area contributed by atoms with Crippen LogP contribution in [-0.4, -0.2) is 30.7 Å². The van der Waals surface area contributed by atoms with Gasteiger partial charge in [0.15, 0.2) is 0 Å². The van der Waals surface area contributed by atoms with Crippen LogP contribution in [0, 0.1) is 7.43 Å². The molecule has 0 saturated carbocycles. The van der Waals surface area contributed by atoms with E-state index >= 15 is 0 Å². The summed E-state index contributed by atoms with van der Waals surface area (Å²) in [7, 11) is 0. The molecule has 1 heterocycles. The van der Waals surface area contributed by atoms with Crippen molar-refractivity contribution in [3.63, 3.8) is 0 Å². The number of hydrogen-bond donors (Lipinski definition) is 0. The second-order valence-corrected chi connectivity index (χ2v) is 3.44. The van der Waals surface area contributed by atoms with Gasteiger partial charge in [0.1, 0.15) is 0 Å². The van der Waals surface area contributed by atoms with Gasteiger partial charge in [-0.05, 0) is 12.2 Å². The summed E-state index contributed by atoms with van der Waals surface area (Å²) in [4.78, 5) is 0. The maximum atomic E-state index is 3.80. The van der Waals surface area contributed by atoms with Gasteiger partial charge in [0.2, 0.25) is 0 Å². The molecule has 1 nitrogen and oxygen atoms in total. The molecule has 0 bridgehead atoms. The van der Waals surface area contributed by atoms with Crippen molar-refractivity contribution >= 4 is 0 Å². The van der Waals surface area contributed by atoms with Crippen LogP contribution in [-0.2, 0) is 0 Å². The standard InChI is InChI=1S/C10H18N.CH3/c1-3-7-11(8-4-2)9-5-6-10-11;/h3-4H,1-2,5-10H2;1H3/q+1;-1. The molecule has 12 heavy (non-hydrogen) atoms. The van der Waals surface area contributed by atoms with Crippen molar-refractivity contribution in [2.45, 2.75) is 12.8 Å². The minimum Gasteiger partial charge on any atom is -0.358 e. The van der Waals surface area contributed by atoms with Gasteiger partial charge < -0.3 is 11.9 Å². The summed E-state index contributed by atoms with van der Waals surface area (Å²) in [5.41, 5.74) is 0. The van der Waals surface area contributed by atoms with E-state index in [2.05, 4.69) is 13.2 Å². The molecule has 0 N–H and O–H groups in total. The van der Waals surface area contributed by atoms with Crippen LogP contribution in [0.2, 0.25) is 0 Å². The van der Waals surface area contributed by atoms with Gasteiger partial charge >= 0.3 is 0 Å². The van der Waals surface area contributed by atoms with Crippen LogP contribution in [0.3, 0.4) is 0 Å². The van der Waals surface area contributed by atoms with Gasteiger partial charge in [-0.1, -0.05) is 13.2 Å². The Balaban J connectivity index is 0.00000121. The monoisotopic (exact) mass is 167 g/mol. The lowest BCUT2D eigenvalue weighted by Crippen LogP contribution is -2.45. The molecule has 1 fully saturated rings. The molecular weight excluding hydrogens is 146 g/mol. The highest BCUT2D eigenvalue weighted by Crippen LogP contribution is 2.18. The van der Waals surface area contributed by atoms with Crippen LogP contribution in [0.25, 0.3) is 0 Å². The number of likely N-dealkylation sites (tertiary alicyclic amines) is 1. The first-order valence-corrected chi connectivity index (χ1v) is 4.40. The lowest BCUT2D eigenvalue weighted by molar-refractivity contribution is -0.905. The molecule has 0 atom stereocenters. The van der Waals surface area contributed by atoms with E-state index in [0.717, 1.165) is 13.1 Å². The van der Waals surface area contributed by atoms with Crippen molar-refractivity contribution in [2.24, 2.45) is 0 Å². The molecule has 0 unspecified atom stereocenters. The highest BCUT2D eigenvalue weighted by molar-refractivity contribution is 4.73. The third-order valence-electron chi connectivity index (χ3n) is 2.55. The maximum absolute atomic E-state index is 3.80. The van der Waals surface area contributed by atoms with E-state index < -0.39 is 0 Å². The van der Waals surface area contributed by atoms with Crippen molar-refractivity contribution in [1.29, 1.82) is 0 Å². The summed E-state index contributed by atoms with van der Waals surface area (Å²) < 4.78 is 1.20. The predicted octanol–water partition coefficient (Wildman–Crippen LogP) is 2.42. The number of nitrogens with zero attached hydrogens (tertiary/aromatic N) is 1. The van der Waals surface area contributed by atoms with Gasteiger partial charge in [-0.15, -0.1) is 0 Å². The van der Waals surface area contributed by atoms with Gasteiger partial charge in [-0.2, -0.15) is 0 Å². The average molecular weight is 167 g/mol. The minimum atomic E-state index is 0. The molecule has 0 aromatic carbocycles. The fourth-order valence-electron chi connectivity index (χ4n) is 1.99. The SMILES string of the molecule is C=CC[N+]1(CC=C)CCCC1.[CH3-]. The lowest BCUT2D eigenvalue weighted by Gasteiger charge is -2.31. The van der Waals surface area contributed by atoms with Crippen LogP contribution in [0.4, 0.5) is 0 Å². The molecule has 0 amide bonds. The summed E-state index contributed by atoms with van der Waals surface area (Å²) in [6, 6.07) is 0. The Morgan fingerprint density at radius 2 is 1.42 bits per heavy atom. The van der Waals surface area contributed by atoms with Gasteiger partial charge in [-0.3, -0.25) is 0 Å². The second-order valence-electron chi connectivity index (χ2n) is 3.44. The number of quaternary nitrogens is 1. The Labute approximate surface area is 77.0 Å². The molecule has 0 aliphatic carbocycles. The van der Waals surface area contributed by atoms with Crippen LogP contribution >= 0.6 is 0 Å². The minimum absolute atomic E-state index is 0. The van der Waals surface area contributed by atoms with Gasteiger partial charge in [-0.25, -0.2) is 0 Å². The fourth-order valence-corrected chi connectivity index (χ4v) is 1.99. The average Bonchev–Trinajstić information content (AvgIpc) is 2.39. The molecule has 0 aromatic rings. The highest BCUT2D eigenvalue weighted by atomic mass is 15.4. The van der Waals surface area contributed by atoms with Crippen LogP contribution < -0.4 is 0 Å². The summed E-state index contributed by atoms with van der Waals surface area (Å²) in [6.45, 7) is 12.5. The zero-order valence-electron chi connectivity index (χ0n) is 8.26. The van der Waals surface area contributed by atoms with E-state index in [1.54, 1.807) is 0 Å². The molecule has 1 saturated heterocycles. The predicted molar refractivity (Wildman–Crippen MR) is 55.8 cm³/mol. The van der Waals surface area contributed by atoms with Crippen LogP contribution in [0.15, 0.2) is 25.3 Å². The smallest absolute Gasteiger partial charge is 0.0973 e. The van der Waals surface area contributed by atoms with Crippen molar-refractivity contribution < 1.29 is 4.48 Å². The summed E-state index contributed by atoms with van der Waals surface area (Å²) in [5, 5.41) is 0. The first-order valence-electron chi connectivity index (χ1n) is 4.40. The molecule has 0 spiro atoms. The Kier molecular flexibility index (Phi) is 4.91. The van der Waals surface area contributed by atoms with Gasteiger partial charge in [0.25, 0.3) is 0 Å². The highest BCUT2D eigenvalue weighted by Gasteiger charge is 2.28. The second kappa shape index (κ2) is 5.15. The molecule has 1 aliphatic rings. The van der Waals surface area contributed by atoms with Gasteiger partial charge in [0, 0.05) is 12.8 Å². The molecule has 0 radical (unpaired) electrons. The third-order valence-corrected chi connectivity index (χ3v) is 2.55. The Morgan fingerprint density at radius 3 is 1.75 bits per heavy atom. The Morgan fingerprint density at radius 1 is 1.00 bits per heavy atom. The van der Waals surface area contributed by atoms with Crippen LogP contribution in [0.5, 0.6) is 0 Å².